The first kappa shape index (κ1) is 17.5. The number of thioether (sulfide) groups is 1. The molecule has 0 fully saturated rings. The van der Waals surface area contributed by atoms with Gasteiger partial charge in [0.1, 0.15) is 0 Å². The number of hydrogen-bond acceptors (Lipinski definition) is 3. The third kappa shape index (κ3) is 6.16. The van der Waals surface area contributed by atoms with Crippen LogP contribution < -0.4 is 11.1 Å². The zero-order valence-electron chi connectivity index (χ0n) is 10.4. The summed E-state index contributed by atoms with van der Waals surface area (Å²) < 4.78 is 2.60. The second-order valence-electron chi connectivity index (χ2n) is 3.98. The van der Waals surface area contributed by atoms with Gasteiger partial charge in [-0.2, -0.15) is 11.8 Å². The van der Waals surface area contributed by atoms with Crippen LogP contribution in [0.15, 0.2) is 25.6 Å². The summed E-state index contributed by atoms with van der Waals surface area (Å²) in [6, 6.07) is 3.94. The van der Waals surface area contributed by atoms with E-state index in [0.717, 1.165) is 31.3 Å². The van der Waals surface area contributed by atoms with Crippen molar-refractivity contribution in [2.45, 2.75) is 19.4 Å². The molecule has 1 unspecified atom stereocenters. The minimum Gasteiger partial charge on any atom is -0.327 e. The van der Waals surface area contributed by atoms with Crippen LogP contribution in [-0.2, 0) is 4.79 Å². The van der Waals surface area contributed by atoms with Gasteiger partial charge in [-0.3, -0.25) is 4.79 Å². The second kappa shape index (κ2) is 8.67. The van der Waals surface area contributed by atoms with E-state index in [0.29, 0.717) is 5.75 Å². The molecule has 3 N–H and O–H groups in total. The molecule has 0 radical (unpaired) electrons. The Kier molecular flexibility index (Phi) is 7.98. The molecule has 7 heteroatoms. The highest BCUT2D eigenvalue weighted by molar-refractivity contribution is 9.11. The van der Waals surface area contributed by atoms with E-state index in [1.165, 1.54) is 0 Å². The maximum absolute atomic E-state index is 11.8. The number of halogens is 3. The van der Waals surface area contributed by atoms with Crippen molar-refractivity contribution < 1.29 is 4.79 Å². The fourth-order valence-electron chi connectivity index (χ4n) is 1.26. The highest BCUT2D eigenvalue weighted by Gasteiger charge is 2.11. The van der Waals surface area contributed by atoms with Crippen molar-refractivity contribution in [1.82, 2.24) is 0 Å². The van der Waals surface area contributed by atoms with E-state index >= 15 is 0 Å². The largest absolute Gasteiger partial charge is 0.327 e. The quantitative estimate of drug-likeness (QED) is 0.643. The van der Waals surface area contributed by atoms with E-state index in [9.17, 15) is 4.79 Å². The average Bonchev–Trinajstić information content (AvgIpc) is 2.33. The maximum Gasteiger partial charge on any atom is 0.234 e. The van der Waals surface area contributed by atoms with Crippen LogP contribution in [-0.4, -0.2) is 23.5 Å². The molecule has 1 aromatic rings. The number of carbonyl (C=O) groups is 1. The molecule has 1 amide bonds. The summed E-state index contributed by atoms with van der Waals surface area (Å²) >= 11 is 11.8. The molecular weight excluding hydrogens is 460 g/mol. The van der Waals surface area contributed by atoms with Gasteiger partial charge in [0.05, 0.1) is 11.4 Å². The van der Waals surface area contributed by atoms with Crippen molar-refractivity contribution in [2.24, 2.45) is 5.73 Å². The number of carbonyl (C=O) groups excluding carboxylic acids is 1. The van der Waals surface area contributed by atoms with Crippen molar-refractivity contribution in [3.63, 3.8) is 0 Å². The molecule has 3 nitrogen and oxygen atoms in total. The van der Waals surface area contributed by atoms with Gasteiger partial charge in [-0.15, -0.1) is 0 Å². The van der Waals surface area contributed by atoms with Crippen LogP contribution in [0.25, 0.3) is 0 Å². The van der Waals surface area contributed by atoms with E-state index < -0.39 is 0 Å². The molecule has 1 atom stereocenters. The van der Waals surface area contributed by atoms with Crippen molar-refractivity contribution in [2.75, 3.05) is 16.8 Å². The Morgan fingerprint density at radius 1 is 1.37 bits per heavy atom. The summed E-state index contributed by atoms with van der Waals surface area (Å²) in [5, 5.41) is 2.88. The SMILES string of the molecule is CCC(N)CSCC(=O)Nc1c(Br)cc(Br)cc1Br. The molecule has 0 aromatic heterocycles. The smallest absolute Gasteiger partial charge is 0.234 e. The number of anilines is 1. The van der Waals surface area contributed by atoms with Gasteiger partial charge in [-0.1, -0.05) is 22.9 Å². The highest BCUT2D eigenvalue weighted by atomic mass is 79.9. The van der Waals surface area contributed by atoms with Crippen molar-refractivity contribution in [1.29, 1.82) is 0 Å². The molecule has 0 aliphatic rings. The number of hydrogen-bond donors (Lipinski definition) is 2. The lowest BCUT2D eigenvalue weighted by atomic mass is 10.3. The van der Waals surface area contributed by atoms with Gasteiger partial charge in [0.25, 0.3) is 0 Å². The fourth-order valence-corrected chi connectivity index (χ4v) is 4.63. The summed E-state index contributed by atoms with van der Waals surface area (Å²) in [4.78, 5) is 11.8. The standard InChI is InChI=1S/C12H15Br3N2OS/c1-2-8(16)5-19-6-11(18)17-12-9(14)3-7(13)4-10(12)15/h3-4,8H,2,5-6,16H2,1H3,(H,17,18). The molecule has 1 rings (SSSR count). The number of rotatable bonds is 6. The molecule has 1 aromatic carbocycles. The maximum atomic E-state index is 11.8. The van der Waals surface area contributed by atoms with Gasteiger partial charge in [-0.05, 0) is 50.4 Å². The summed E-state index contributed by atoms with van der Waals surface area (Å²) in [7, 11) is 0. The third-order valence-corrected chi connectivity index (χ3v) is 5.20. The molecule has 19 heavy (non-hydrogen) atoms. The Bertz CT molecular complexity index is 434. The van der Waals surface area contributed by atoms with E-state index in [1.54, 1.807) is 11.8 Å². The first-order valence-corrected chi connectivity index (χ1v) is 9.25. The van der Waals surface area contributed by atoms with Gasteiger partial charge >= 0.3 is 0 Å². The molecule has 0 heterocycles. The molecule has 0 saturated carbocycles. The Hall–Kier alpha value is 0.440. The van der Waals surface area contributed by atoms with Crippen LogP contribution in [0.1, 0.15) is 13.3 Å². The van der Waals surface area contributed by atoms with E-state index in [-0.39, 0.29) is 11.9 Å². The predicted molar refractivity (Wildman–Crippen MR) is 93.8 cm³/mol. The number of benzene rings is 1. The average molecular weight is 475 g/mol. The predicted octanol–water partition coefficient (Wildman–Crippen LogP) is 4.38. The monoisotopic (exact) mass is 472 g/mol. The third-order valence-electron chi connectivity index (χ3n) is 2.36. The topological polar surface area (TPSA) is 55.1 Å². The minimum absolute atomic E-state index is 0.0305. The molecule has 0 bridgehead atoms. The summed E-state index contributed by atoms with van der Waals surface area (Å²) in [6.45, 7) is 2.04. The van der Waals surface area contributed by atoms with Gasteiger partial charge in [0.2, 0.25) is 5.91 Å². The number of nitrogens with one attached hydrogen (secondary N) is 1. The van der Waals surface area contributed by atoms with Crippen LogP contribution in [0.4, 0.5) is 5.69 Å². The van der Waals surface area contributed by atoms with Crippen LogP contribution in [0.2, 0.25) is 0 Å². The normalized spacial score (nSPS) is 12.3. The number of nitrogens with two attached hydrogens (primary N) is 1. The first-order valence-electron chi connectivity index (χ1n) is 5.71. The number of amides is 1. The van der Waals surface area contributed by atoms with E-state index in [1.807, 2.05) is 19.1 Å². The zero-order valence-corrected chi connectivity index (χ0v) is 16.0. The molecule has 0 aliphatic heterocycles. The molecule has 0 saturated heterocycles. The fraction of sp³-hybridized carbons (Fsp3) is 0.417. The first-order chi connectivity index (χ1) is 8.93. The zero-order chi connectivity index (χ0) is 14.4. The Morgan fingerprint density at radius 2 is 1.95 bits per heavy atom. The lowest BCUT2D eigenvalue weighted by Crippen LogP contribution is -2.23. The molecule has 0 aliphatic carbocycles. The second-order valence-corrected chi connectivity index (χ2v) is 7.63. The van der Waals surface area contributed by atoms with Gasteiger partial charge in [0, 0.05) is 25.2 Å². The lowest BCUT2D eigenvalue weighted by Gasteiger charge is -2.11. The van der Waals surface area contributed by atoms with Gasteiger partial charge in [-0.25, -0.2) is 0 Å². The van der Waals surface area contributed by atoms with E-state index in [4.69, 9.17) is 5.73 Å². The van der Waals surface area contributed by atoms with Gasteiger partial charge in [0.15, 0.2) is 0 Å². The lowest BCUT2D eigenvalue weighted by molar-refractivity contribution is -0.113. The van der Waals surface area contributed by atoms with Crippen molar-refractivity contribution in [3.05, 3.63) is 25.6 Å². The van der Waals surface area contributed by atoms with Crippen LogP contribution >= 0.6 is 59.6 Å². The van der Waals surface area contributed by atoms with Crippen LogP contribution in [0.3, 0.4) is 0 Å². The highest BCUT2D eigenvalue weighted by Crippen LogP contribution is 2.34. The van der Waals surface area contributed by atoms with Crippen LogP contribution in [0, 0.1) is 0 Å². The van der Waals surface area contributed by atoms with Crippen LogP contribution in [0.5, 0.6) is 0 Å². The van der Waals surface area contributed by atoms with Gasteiger partial charge < -0.3 is 11.1 Å². The summed E-state index contributed by atoms with van der Waals surface area (Å²) in [5.74, 6) is 1.17. The minimum atomic E-state index is -0.0305. The Morgan fingerprint density at radius 3 is 2.47 bits per heavy atom. The van der Waals surface area contributed by atoms with E-state index in [2.05, 4.69) is 53.1 Å². The summed E-state index contributed by atoms with van der Waals surface area (Å²) in [6.07, 6.45) is 0.929. The molecule has 106 valence electrons. The Labute approximate surface area is 142 Å². The molecule has 0 spiro atoms. The summed E-state index contributed by atoms with van der Waals surface area (Å²) in [5.41, 5.74) is 6.55. The Balaban J connectivity index is 2.53. The van der Waals surface area contributed by atoms with Crippen molar-refractivity contribution in [3.8, 4) is 0 Å². The van der Waals surface area contributed by atoms with Crippen molar-refractivity contribution >= 4 is 71.1 Å². The molecular formula is C12H15Br3N2OS.